The van der Waals surface area contributed by atoms with E-state index in [1.165, 1.54) is 5.56 Å². The van der Waals surface area contributed by atoms with Gasteiger partial charge in [-0.15, -0.1) is 0 Å². The zero-order valence-corrected chi connectivity index (χ0v) is 15.4. The molecule has 2 aromatic rings. The zero-order chi connectivity index (χ0) is 18.4. The number of rotatable bonds is 2. The van der Waals surface area contributed by atoms with E-state index in [4.69, 9.17) is 0 Å². The number of aromatic nitrogens is 1. The van der Waals surface area contributed by atoms with Gasteiger partial charge in [0, 0.05) is 44.3 Å². The average molecular weight is 364 g/mol. The first-order valence-corrected chi connectivity index (χ1v) is 9.88. The lowest BCUT2D eigenvalue weighted by Gasteiger charge is -2.50. The fourth-order valence-corrected chi connectivity index (χ4v) is 4.77. The van der Waals surface area contributed by atoms with Crippen molar-refractivity contribution in [3.8, 4) is 0 Å². The lowest BCUT2D eigenvalue weighted by atomic mass is 9.94. The van der Waals surface area contributed by atoms with Gasteiger partial charge in [-0.2, -0.15) is 0 Å². The van der Waals surface area contributed by atoms with Crippen molar-refractivity contribution in [1.29, 1.82) is 0 Å². The lowest BCUT2D eigenvalue weighted by molar-refractivity contribution is -0.167. The zero-order valence-electron chi connectivity index (χ0n) is 15.4. The number of fused-ring (bicyclic) bond motifs is 3. The van der Waals surface area contributed by atoms with Crippen molar-refractivity contribution in [2.75, 3.05) is 26.2 Å². The van der Waals surface area contributed by atoms with E-state index in [0.717, 1.165) is 49.8 Å². The summed E-state index contributed by atoms with van der Waals surface area (Å²) in [5, 5.41) is 1.13. The second-order valence-corrected chi connectivity index (χ2v) is 7.86. The molecule has 0 spiro atoms. The highest BCUT2D eigenvalue weighted by Gasteiger charge is 2.48. The van der Waals surface area contributed by atoms with Crippen LogP contribution in [-0.2, 0) is 16.1 Å². The minimum absolute atomic E-state index is 0.145. The maximum atomic E-state index is 13.0. The van der Waals surface area contributed by atoms with Gasteiger partial charge in [-0.05, 0) is 43.0 Å². The number of carbonyl (C=O) groups excluding carboxylic acids is 2. The Hall–Kier alpha value is -2.47. The van der Waals surface area contributed by atoms with Gasteiger partial charge in [-0.1, -0.05) is 12.1 Å². The van der Waals surface area contributed by atoms with Crippen LogP contribution in [0, 0.1) is 0 Å². The molecule has 4 heterocycles. The molecule has 0 radical (unpaired) electrons. The Labute approximate surface area is 158 Å². The predicted octanol–water partition coefficient (Wildman–Crippen LogP) is 1.64. The molecule has 3 saturated heterocycles. The molecule has 140 valence electrons. The highest BCUT2D eigenvalue weighted by molar-refractivity contribution is 5.97. The first kappa shape index (κ1) is 16.7. The Morgan fingerprint density at radius 3 is 2.74 bits per heavy atom. The van der Waals surface area contributed by atoms with Crippen LogP contribution in [0.2, 0.25) is 0 Å². The second kappa shape index (κ2) is 6.60. The number of carbonyl (C=O) groups is 2. The lowest BCUT2D eigenvalue weighted by Crippen LogP contribution is -2.70. The van der Waals surface area contributed by atoms with Crippen LogP contribution in [0.3, 0.4) is 0 Å². The summed E-state index contributed by atoms with van der Waals surface area (Å²) in [7, 11) is 0. The summed E-state index contributed by atoms with van der Waals surface area (Å²) in [6.45, 7) is 3.61. The molecular formula is C21H24N4O2. The van der Waals surface area contributed by atoms with Crippen molar-refractivity contribution in [2.45, 2.75) is 37.9 Å². The molecule has 2 amide bonds. The molecule has 1 aromatic heterocycles. The minimum Gasteiger partial charge on any atom is -0.329 e. The number of benzene rings is 1. The Kier molecular flexibility index (Phi) is 4.08. The second-order valence-electron chi connectivity index (χ2n) is 7.86. The summed E-state index contributed by atoms with van der Waals surface area (Å²) in [4.78, 5) is 36.2. The van der Waals surface area contributed by atoms with E-state index in [9.17, 15) is 9.59 Å². The van der Waals surface area contributed by atoms with Gasteiger partial charge < -0.3 is 9.80 Å². The molecule has 2 unspecified atom stereocenters. The topological polar surface area (TPSA) is 56.8 Å². The molecule has 2 atom stereocenters. The van der Waals surface area contributed by atoms with Crippen LogP contribution in [0.25, 0.3) is 10.9 Å². The first-order chi connectivity index (χ1) is 13.2. The van der Waals surface area contributed by atoms with Crippen LogP contribution in [0.5, 0.6) is 0 Å². The van der Waals surface area contributed by atoms with Crippen LogP contribution >= 0.6 is 0 Å². The van der Waals surface area contributed by atoms with E-state index in [0.29, 0.717) is 13.1 Å². The fraction of sp³-hybridized carbons (Fsp3) is 0.476. The third kappa shape index (κ3) is 2.88. The quantitative estimate of drug-likeness (QED) is 0.813. The van der Waals surface area contributed by atoms with Crippen LogP contribution < -0.4 is 0 Å². The van der Waals surface area contributed by atoms with Crippen molar-refractivity contribution in [3.05, 3.63) is 42.1 Å². The summed E-state index contributed by atoms with van der Waals surface area (Å²) in [6.07, 6.45) is 4.68. The third-order valence-corrected chi connectivity index (χ3v) is 6.18. The van der Waals surface area contributed by atoms with Crippen molar-refractivity contribution in [1.82, 2.24) is 19.7 Å². The summed E-state index contributed by atoms with van der Waals surface area (Å²) >= 11 is 0. The van der Waals surface area contributed by atoms with Crippen molar-refractivity contribution in [3.63, 3.8) is 0 Å². The van der Waals surface area contributed by atoms with Crippen LogP contribution in [-0.4, -0.2) is 69.8 Å². The van der Waals surface area contributed by atoms with E-state index in [2.05, 4.69) is 34.1 Å². The molecule has 5 rings (SSSR count). The normalized spacial score (nSPS) is 26.2. The van der Waals surface area contributed by atoms with Crippen molar-refractivity contribution in [2.24, 2.45) is 0 Å². The molecular weight excluding hydrogens is 340 g/mol. The number of piperidine rings is 1. The predicted molar refractivity (Wildman–Crippen MR) is 102 cm³/mol. The average Bonchev–Trinajstić information content (AvgIpc) is 2.72. The van der Waals surface area contributed by atoms with Crippen LogP contribution in [0.1, 0.15) is 24.8 Å². The summed E-state index contributed by atoms with van der Waals surface area (Å²) in [6, 6.07) is 9.83. The van der Waals surface area contributed by atoms with Crippen LogP contribution in [0.15, 0.2) is 36.5 Å². The van der Waals surface area contributed by atoms with E-state index in [1.807, 2.05) is 15.9 Å². The Balaban J connectivity index is 1.33. The SMILES string of the molecule is O=C1C2CN(Cc3ccc4ncccc4c3)CCN2C(=O)C2CCCCN12. The largest absolute Gasteiger partial charge is 0.329 e. The van der Waals surface area contributed by atoms with Gasteiger partial charge >= 0.3 is 0 Å². The monoisotopic (exact) mass is 364 g/mol. The van der Waals surface area contributed by atoms with Crippen LogP contribution in [0.4, 0.5) is 0 Å². The van der Waals surface area contributed by atoms with Gasteiger partial charge in [-0.25, -0.2) is 0 Å². The molecule has 0 bridgehead atoms. The van der Waals surface area contributed by atoms with Gasteiger partial charge in [0.25, 0.3) is 0 Å². The number of piperazine rings is 2. The molecule has 3 aliphatic rings. The molecule has 6 heteroatoms. The summed E-state index contributed by atoms with van der Waals surface area (Å²) in [5.74, 6) is 0.308. The molecule has 27 heavy (non-hydrogen) atoms. The van der Waals surface area contributed by atoms with E-state index in [1.54, 1.807) is 6.20 Å². The maximum absolute atomic E-state index is 13.0. The minimum atomic E-state index is -0.317. The molecule has 6 nitrogen and oxygen atoms in total. The highest BCUT2D eigenvalue weighted by Crippen LogP contribution is 2.28. The van der Waals surface area contributed by atoms with Crippen molar-refractivity contribution >= 4 is 22.7 Å². The highest BCUT2D eigenvalue weighted by atomic mass is 16.2. The van der Waals surface area contributed by atoms with Gasteiger partial charge in [-0.3, -0.25) is 19.5 Å². The van der Waals surface area contributed by atoms with E-state index < -0.39 is 0 Å². The Bertz CT molecular complexity index is 899. The molecule has 1 aromatic carbocycles. The first-order valence-electron chi connectivity index (χ1n) is 9.88. The van der Waals surface area contributed by atoms with Gasteiger partial charge in [0.1, 0.15) is 12.1 Å². The van der Waals surface area contributed by atoms with Gasteiger partial charge in [0.05, 0.1) is 5.52 Å². The fourth-order valence-electron chi connectivity index (χ4n) is 4.77. The third-order valence-electron chi connectivity index (χ3n) is 6.18. The number of pyridine rings is 1. The maximum Gasteiger partial charge on any atom is 0.247 e. The van der Waals surface area contributed by atoms with Gasteiger partial charge in [0.15, 0.2) is 0 Å². The number of nitrogens with zero attached hydrogens (tertiary/aromatic N) is 4. The van der Waals surface area contributed by atoms with Crippen molar-refractivity contribution < 1.29 is 9.59 Å². The number of amides is 2. The summed E-state index contributed by atoms with van der Waals surface area (Å²) in [5.41, 5.74) is 2.21. The Morgan fingerprint density at radius 1 is 0.963 bits per heavy atom. The van der Waals surface area contributed by atoms with Gasteiger partial charge in [0.2, 0.25) is 11.8 Å². The summed E-state index contributed by atoms with van der Waals surface area (Å²) < 4.78 is 0. The van der Waals surface area contributed by atoms with E-state index >= 15 is 0 Å². The Morgan fingerprint density at radius 2 is 1.81 bits per heavy atom. The number of hydrogen-bond acceptors (Lipinski definition) is 4. The molecule has 0 aliphatic carbocycles. The standard InChI is InChI=1S/C21H24N4O2/c26-20-18-5-1-2-9-24(18)21(27)19-14-23(10-11-25(19)20)13-15-6-7-17-16(12-15)4-3-8-22-17/h3-4,6-8,12,18-19H,1-2,5,9-11,13-14H2. The molecule has 0 saturated carbocycles. The van der Waals surface area contributed by atoms with E-state index in [-0.39, 0.29) is 23.9 Å². The number of hydrogen-bond donors (Lipinski definition) is 0. The molecule has 0 N–H and O–H groups in total. The molecule has 3 fully saturated rings. The molecule has 3 aliphatic heterocycles. The smallest absolute Gasteiger partial charge is 0.247 e.